The summed E-state index contributed by atoms with van der Waals surface area (Å²) in [5, 5.41) is 42.2. The van der Waals surface area contributed by atoms with Crippen LogP contribution in [0, 0.1) is 0 Å². The lowest BCUT2D eigenvalue weighted by Crippen LogP contribution is -2.19. The number of phenols is 1. The lowest BCUT2D eigenvalue weighted by molar-refractivity contribution is -0.115. The number of thioether (sulfide) groups is 1. The highest BCUT2D eigenvalue weighted by molar-refractivity contribution is 8.00. The van der Waals surface area contributed by atoms with Gasteiger partial charge in [-0.15, -0.1) is 11.8 Å². The van der Waals surface area contributed by atoms with Crippen molar-refractivity contribution in [2.24, 2.45) is 0 Å². The van der Waals surface area contributed by atoms with Gasteiger partial charge in [0.25, 0.3) is 5.91 Å². The molecule has 1 unspecified atom stereocenters. The van der Waals surface area contributed by atoms with E-state index in [0.29, 0.717) is 16.1 Å². The van der Waals surface area contributed by atoms with Gasteiger partial charge < -0.3 is 31.1 Å². The third-order valence-electron chi connectivity index (χ3n) is 5.92. The Morgan fingerprint density at radius 1 is 0.619 bits per heavy atom. The number of carboxylic acids is 3. The molecule has 2 amide bonds. The minimum atomic E-state index is -1.46. The summed E-state index contributed by atoms with van der Waals surface area (Å²) in [4.78, 5) is 61.2. The number of carbonyl (C=O) groups excluding carboxylic acids is 2. The molecule has 0 aliphatic carbocycles. The zero-order valence-electron chi connectivity index (χ0n) is 21.5. The average Bonchev–Trinajstić information content (AvgIpc) is 2.97. The first kappa shape index (κ1) is 29.4. The largest absolute Gasteiger partial charge is 0.507 e. The summed E-state index contributed by atoms with van der Waals surface area (Å²) in [6.45, 7) is 0. The van der Waals surface area contributed by atoms with Crippen LogP contribution in [0.4, 0.5) is 11.4 Å². The zero-order chi connectivity index (χ0) is 30.4. The first-order chi connectivity index (χ1) is 20.0. The molecule has 12 heteroatoms. The Kier molecular flexibility index (Phi) is 8.88. The van der Waals surface area contributed by atoms with Crippen molar-refractivity contribution >= 4 is 52.9 Å². The van der Waals surface area contributed by atoms with Crippen molar-refractivity contribution in [3.63, 3.8) is 0 Å². The summed E-state index contributed by atoms with van der Waals surface area (Å²) < 4.78 is 0. The van der Waals surface area contributed by atoms with Crippen LogP contribution in [0.2, 0.25) is 0 Å². The van der Waals surface area contributed by atoms with Gasteiger partial charge in [0.15, 0.2) is 0 Å². The van der Waals surface area contributed by atoms with Crippen LogP contribution in [0.1, 0.15) is 52.2 Å². The fourth-order valence-electron chi connectivity index (χ4n) is 3.93. The van der Waals surface area contributed by atoms with E-state index in [9.17, 15) is 39.3 Å². The van der Waals surface area contributed by atoms with E-state index in [4.69, 9.17) is 5.11 Å². The smallest absolute Gasteiger partial charge is 0.339 e. The topological polar surface area (TPSA) is 190 Å². The summed E-state index contributed by atoms with van der Waals surface area (Å²) in [7, 11) is 0. The van der Waals surface area contributed by atoms with Crippen molar-refractivity contribution in [1.29, 1.82) is 0 Å². The molecule has 1 atom stereocenters. The number of carbonyl (C=O) groups is 5. The quantitative estimate of drug-likeness (QED) is 0.106. The van der Waals surface area contributed by atoms with Gasteiger partial charge in [0.1, 0.15) is 16.6 Å². The number of aromatic hydroxyl groups is 1. The molecular formula is C30H22N2O9S. The Morgan fingerprint density at radius 3 is 1.98 bits per heavy atom. The second-order valence-electron chi connectivity index (χ2n) is 8.79. The van der Waals surface area contributed by atoms with Crippen molar-refractivity contribution < 1.29 is 44.4 Å². The van der Waals surface area contributed by atoms with Gasteiger partial charge in [-0.2, -0.15) is 0 Å². The van der Waals surface area contributed by atoms with Crippen molar-refractivity contribution in [2.45, 2.75) is 10.1 Å². The van der Waals surface area contributed by atoms with Gasteiger partial charge in [0.05, 0.1) is 16.7 Å². The van der Waals surface area contributed by atoms with Crippen molar-refractivity contribution in [3.8, 4) is 5.75 Å². The third kappa shape index (κ3) is 6.92. The van der Waals surface area contributed by atoms with E-state index in [1.807, 2.05) is 0 Å². The fourth-order valence-corrected chi connectivity index (χ4v) is 5.01. The molecule has 212 valence electrons. The maximum Gasteiger partial charge on any atom is 0.339 e. The number of benzene rings is 4. The number of amides is 2. The van der Waals surface area contributed by atoms with E-state index < -0.39 is 46.3 Å². The second kappa shape index (κ2) is 12.7. The van der Waals surface area contributed by atoms with Crippen LogP contribution >= 0.6 is 11.8 Å². The van der Waals surface area contributed by atoms with Gasteiger partial charge in [-0.05, 0) is 60.2 Å². The molecule has 0 bridgehead atoms. The monoisotopic (exact) mass is 586 g/mol. The predicted octanol–water partition coefficient (Wildman–Crippen LogP) is 5.21. The second-order valence-corrected chi connectivity index (χ2v) is 9.97. The normalized spacial score (nSPS) is 11.2. The SMILES string of the molecule is O=C(O)c1ccc(C(=O)Nc2cccc(SC(C(=O)Nc3ccc(O)c(C(=O)O)c3)c3ccccc3)c2)c(C(=O)O)c1. The van der Waals surface area contributed by atoms with Gasteiger partial charge in [-0.3, -0.25) is 9.59 Å². The lowest BCUT2D eigenvalue weighted by Gasteiger charge is -2.18. The molecule has 4 aromatic carbocycles. The van der Waals surface area contributed by atoms with Crippen LogP contribution in [0.3, 0.4) is 0 Å². The fraction of sp³-hybridized carbons (Fsp3) is 0.0333. The van der Waals surface area contributed by atoms with E-state index in [1.165, 1.54) is 12.1 Å². The zero-order valence-corrected chi connectivity index (χ0v) is 22.3. The summed E-state index contributed by atoms with van der Waals surface area (Å²) in [6, 6.07) is 22.1. The van der Waals surface area contributed by atoms with Gasteiger partial charge in [0.2, 0.25) is 5.91 Å². The molecule has 0 fully saturated rings. The van der Waals surface area contributed by atoms with Gasteiger partial charge >= 0.3 is 17.9 Å². The number of carboxylic acid groups (broad SMARTS) is 3. The molecule has 0 aliphatic rings. The van der Waals surface area contributed by atoms with E-state index >= 15 is 0 Å². The van der Waals surface area contributed by atoms with Crippen LogP contribution in [0.5, 0.6) is 5.75 Å². The number of hydrogen-bond acceptors (Lipinski definition) is 7. The first-order valence-corrected chi connectivity index (χ1v) is 13.0. The number of hydrogen-bond donors (Lipinski definition) is 6. The molecule has 11 nitrogen and oxygen atoms in total. The van der Waals surface area contributed by atoms with Gasteiger partial charge in [-0.25, -0.2) is 14.4 Å². The first-order valence-electron chi connectivity index (χ1n) is 12.1. The Bertz CT molecular complexity index is 1710. The number of nitrogens with one attached hydrogen (secondary N) is 2. The van der Waals surface area contributed by atoms with Crippen molar-refractivity contribution in [1.82, 2.24) is 0 Å². The number of anilines is 2. The number of aromatic carboxylic acids is 3. The van der Waals surface area contributed by atoms with Crippen LogP contribution in [0.15, 0.2) is 95.9 Å². The molecule has 0 aromatic heterocycles. The van der Waals surface area contributed by atoms with E-state index in [2.05, 4.69) is 10.6 Å². The molecule has 6 N–H and O–H groups in total. The standard InChI is InChI=1S/C30H22N2O9S/c33-24-12-10-19(15-23(24)30(40)41)32-27(35)25(16-5-2-1-3-6-16)42-20-8-4-7-18(14-20)31-26(34)21-11-9-17(28(36)37)13-22(21)29(38)39/h1-15,25,33H,(H,31,34)(H,32,35)(H,36,37)(H,38,39)(H,40,41). The van der Waals surface area contributed by atoms with Crippen LogP contribution < -0.4 is 10.6 Å². The average molecular weight is 587 g/mol. The highest BCUT2D eigenvalue weighted by atomic mass is 32.2. The molecule has 0 radical (unpaired) electrons. The Hall–Kier alpha value is -5.62. The maximum absolute atomic E-state index is 13.4. The molecule has 4 aromatic rings. The highest BCUT2D eigenvalue weighted by Gasteiger charge is 2.24. The van der Waals surface area contributed by atoms with Gasteiger partial charge in [-0.1, -0.05) is 36.4 Å². The van der Waals surface area contributed by atoms with Crippen molar-refractivity contribution in [2.75, 3.05) is 10.6 Å². The maximum atomic E-state index is 13.4. The summed E-state index contributed by atoms with van der Waals surface area (Å²) in [6.07, 6.45) is 0. The molecule has 0 aliphatic heterocycles. The molecule has 0 saturated carbocycles. The van der Waals surface area contributed by atoms with E-state index in [-0.39, 0.29) is 22.4 Å². The summed E-state index contributed by atoms with van der Waals surface area (Å²) in [5.74, 6) is -5.85. The van der Waals surface area contributed by atoms with Crippen LogP contribution in [-0.4, -0.2) is 50.1 Å². The lowest BCUT2D eigenvalue weighted by atomic mass is 10.0. The predicted molar refractivity (Wildman–Crippen MR) is 153 cm³/mol. The highest BCUT2D eigenvalue weighted by Crippen LogP contribution is 2.37. The van der Waals surface area contributed by atoms with E-state index in [1.54, 1.807) is 54.6 Å². The molecule has 42 heavy (non-hydrogen) atoms. The van der Waals surface area contributed by atoms with Crippen LogP contribution in [-0.2, 0) is 4.79 Å². The molecule has 4 rings (SSSR count). The Morgan fingerprint density at radius 2 is 1.31 bits per heavy atom. The number of rotatable bonds is 10. The third-order valence-corrected chi connectivity index (χ3v) is 7.17. The Balaban J connectivity index is 1.58. The molecule has 0 spiro atoms. The minimum absolute atomic E-state index is 0.167. The van der Waals surface area contributed by atoms with Crippen LogP contribution in [0.25, 0.3) is 0 Å². The molecular weight excluding hydrogens is 564 g/mol. The van der Waals surface area contributed by atoms with Gasteiger partial charge in [0, 0.05) is 16.3 Å². The molecule has 0 saturated heterocycles. The molecule has 0 heterocycles. The van der Waals surface area contributed by atoms with E-state index in [0.717, 1.165) is 36.0 Å². The Labute approximate surface area is 242 Å². The van der Waals surface area contributed by atoms with Crippen molar-refractivity contribution in [3.05, 3.63) is 119 Å². The minimum Gasteiger partial charge on any atom is -0.507 e. The summed E-state index contributed by atoms with van der Waals surface area (Å²) >= 11 is 1.14. The summed E-state index contributed by atoms with van der Waals surface area (Å²) in [5.41, 5.74) is -0.263.